The standard InChI is InChI=1S/C76H148O17P2/c1-7-9-11-13-15-17-19-21-23-24-25-26-27-29-31-35-41-48-54-60-75(80)92-71(64-86-73(78)58-52-46-40-34-30-28-22-20-18-16-14-12-10-8-2)66-90-94(82,83)88-62-70(77)63-89-95(84,85)91-67-72(65-87-74(79)59-53-47-43-37-39-45-51-57-69(5)6)93-76(81)61-55-49-42-36-32-33-38-44-50-56-68(3)4/h68-72,77H,7-67H2,1-6H3,(H,82,83)(H,84,85)/t70-,71-,72-/m1/s1. The number of rotatable bonds is 75. The van der Waals surface area contributed by atoms with Crippen molar-refractivity contribution in [3.05, 3.63) is 0 Å². The van der Waals surface area contributed by atoms with Crippen molar-refractivity contribution in [1.29, 1.82) is 0 Å². The van der Waals surface area contributed by atoms with E-state index in [1.165, 1.54) is 205 Å². The number of hydrogen-bond donors (Lipinski definition) is 3. The molecule has 0 saturated carbocycles. The van der Waals surface area contributed by atoms with Crippen molar-refractivity contribution in [2.75, 3.05) is 39.6 Å². The topological polar surface area (TPSA) is 237 Å². The zero-order chi connectivity index (χ0) is 70.0. The predicted molar refractivity (Wildman–Crippen MR) is 386 cm³/mol. The molecule has 564 valence electrons. The van der Waals surface area contributed by atoms with Crippen molar-refractivity contribution in [1.82, 2.24) is 0 Å². The van der Waals surface area contributed by atoms with Gasteiger partial charge >= 0.3 is 39.5 Å². The molecule has 0 fully saturated rings. The number of carbonyl (C=O) groups is 4. The van der Waals surface area contributed by atoms with Gasteiger partial charge in [0.2, 0.25) is 0 Å². The summed E-state index contributed by atoms with van der Waals surface area (Å²) in [6.45, 7) is 9.52. The Morgan fingerprint density at radius 1 is 0.284 bits per heavy atom. The molecular weight excluding hydrogens is 1250 g/mol. The minimum Gasteiger partial charge on any atom is -0.462 e. The fourth-order valence-corrected chi connectivity index (χ4v) is 13.2. The van der Waals surface area contributed by atoms with Crippen LogP contribution < -0.4 is 0 Å². The highest BCUT2D eigenvalue weighted by molar-refractivity contribution is 7.47. The van der Waals surface area contributed by atoms with Crippen LogP contribution in [0.5, 0.6) is 0 Å². The minimum atomic E-state index is -4.96. The third kappa shape index (κ3) is 70.3. The quantitative estimate of drug-likeness (QED) is 0.0222. The van der Waals surface area contributed by atoms with E-state index in [4.69, 9.17) is 37.0 Å². The van der Waals surface area contributed by atoms with Gasteiger partial charge in [-0.05, 0) is 37.5 Å². The van der Waals surface area contributed by atoms with Gasteiger partial charge in [0.05, 0.1) is 26.4 Å². The molecule has 0 aliphatic rings. The lowest BCUT2D eigenvalue weighted by Gasteiger charge is -2.21. The van der Waals surface area contributed by atoms with Crippen LogP contribution in [0.2, 0.25) is 0 Å². The first-order valence-electron chi connectivity index (χ1n) is 39.5. The summed E-state index contributed by atoms with van der Waals surface area (Å²) in [6.07, 6.45) is 55.6. The highest BCUT2D eigenvalue weighted by Gasteiger charge is 2.30. The molecule has 3 N–H and O–H groups in total. The van der Waals surface area contributed by atoms with E-state index in [-0.39, 0.29) is 25.7 Å². The van der Waals surface area contributed by atoms with Crippen molar-refractivity contribution in [2.45, 2.75) is 413 Å². The normalized spacial score (nSPS) is 14.0. The van der Waals surface area contributed by atoms with E-state index in [9.17, 15) is 43.2 Å². The molecule has 0 aromatic carbocycles. The number of ether oxygens (including phenoxy) is 4. The summed E-state index contributed by atoms with van der Waals surface area (Å²) < 4.78 is 68.5. The zero-order valence-corrected chi connectivity index (χ0v) is 63.8. The Morgan fingerprint density at radius 2 is 0.484 bits per heavy atom. The number of unbranched alkanes of at least 4 members (excludes halogenated alkanes) is 45. The molecular formula is C76H148O17P2. The van der Waals surface area contributed by atoms with E-state index in [0.29, 0.717) is 31.6 Å². The van der Waals surface area contributed by atoms with Crippen molar-refractivity contribution < 1.29 is 80.2 Å². The summed E-state index contributed by atoms with van der Waals surface area (Å²) in [5.74, 6) is -0.675. The number of phosphoric acid groups is 2. The average molecular weight is 1400 g/mol. The van der Waals surface area contributed by atoms with Crippen LogP contribution in [0.15, 0.2) is 0 Å². The first-order valence-corrected chi connectivity index (χ1v) is 42.5. The largest absolute Gasteiger partial charge is 0.472 e. The first kappa shape index (κ1) is 93.1. The first-order chi connectivity index (χ1) is 45.9. The zero-order valence-electron chi connectivity index (χ0n) is 62.0. The van der Waals surface area contributed by atoms with Crippen LogP contribution in [0.25, 0.3) is 0 Å². The van der Waals surface area contributed by atoms with Crippen LogP contribution in [-0.2, 0) is 65.4 Å². The smallest absolute Gasteiger partial charge is 0.462 e. The van der Waals surface area contributed by atoms with E-state index in [0.717, 1.165) is 102 Å². The fraction of sp³-hybridized carbons (Fsp3) is 0.947. The molecule has 0 radical (unpaired) electrons. The molecule has 0 spiro atoms. The summed E-state index contributed by atoms with van der Waals surface area (Å²) in [6, 6.07) is 0. The van der Waals surface area contributed by atoms with Gasteiger partial charge in [0.15, 0.2) is 12.2 Å². The van der Waals surface area contributed by atoms with Gasteiger partial charge in [-0.25, -0.2) is 9.13 Å². The Hall–Kier alpha value is -1.94. The third-order valence-corrected chi connectivity index (χ3v) is 19.6. The molecule has 0 aliphatic heterocycles. The molecule has 17 nitrogen and oxygen atoms in total. The maximum Gasteiger partial charge on any atom is 0.472 e. The predicted octanol–water partition coefficient (Wildman–Crippen LogP) is 22.3. The van der Waals surface area contributed by atoms with Crippen LogP contribution in [-0.4, -0.2) is 96.7 Å². The average Bonchev–Trinajstić information content (AvgIpc) is 2.27. The molecule has 0 aromatic rings. The van der Waals surface area contributed by atoms with E-state index in [1.54, 1.807) is 0 Å². The molecule has 19 heteroatoms. The third-order valence-electron chi connectivity index (χ3n) is 17.7. The summed E-state index contributed by atoms with van der Waals surface area (Å²) in [4.78, 5) is 72.8. The van der Waals surface area contributed by atoms with E-state index < -0.39 is 97.5 Å². The second-order valence-electron chi connectivity index (χ2n) is 28.3. The summed E-state index contributed by atoms with van der Waals surface area (Å²) in [7, 11) is -9.91. The lowest BCUT2D eigenvalue weighted by molar-refractivity contribution is -0.161. The Balaban J connectivity index is 5.23. The number of esters is 4. The van der Waals surface area contributed by atoms with Crippen LogP contribution in [0.4, 0.5) is 0 Å². The molecule has 0 saturated heterocycles. The van der Waals surface area contributed by atoms with Gasteiger partial charge < -0.3 is 33.8 Å². The lowest BCUT2D eigenvalue weighted by atomic mass is 10.0. The molecule has 5 atom stereocenters. The summed E-state index contributed by atoms with van der Waals surface area (Å²) in [5, 5.41) is 10.6. The molecule has 0 amide bonds. The summed E-state index contributed by atoms with van der Waals surface area (Å²) in [5.41, 5.74) is 0. The Kier molecular flexibility index (Phi) is 66.5. The van der Waals surface area contributed by atoms with Crippen LogP contribution in [0.3, 0.4) is 0 Å². The SMILES string of the molecule is CCCCCCCCCCCCCCCCCCCCCC(=O)O[C@H](COC(=O)CCCCCCCCCCCCCCCC)COP(=O)(O)OC[C@@H](O)COP(=O)(O)OC[C@@H](COC(=O)CCCCCCCCCC(C)C)OC(=O)CCCCCCCCCCCC(C)C. The van der Waals surface area contributed by atoms with Gasteiger partial charge in [0, 0.05) is 25.7 Å². The molecule has 0 bridgehead atoms. The van der Waals surface area contributed by atoms with Gasteiger partial charge in [0.1, 0.15) is 19.3 Å². The van der Waals surface area contributed by atoms with Crippen molar-refractivity contribution in [3.63, 3.8) is 0 Å². The lowest BCUT2D eigenvalue weighted by Crippen LogP contribution is -2.30. The van der Waals surface area contributed by atoms with Gasteiger partial charge in [-0.2, -0.15) is 0 Å². The van der Waals surface area contributed by atoms with Gasteiger partial charge in [0.25, 0.3) is 0 Å². The number of hydrogen-bond acceptors (Lipinski definition) is 15. The van der Waals surface area contributed by atoms with Crippen LogP contribution >= 0.6 is 15.6 Å². The van der Waals surface area contributed by atoms with E-state index in [2.05, 4.69) is 41.5 Å². The van der Waals surface area contributed by atoms with E-state index in [1.807, 2.05) is 0 Å². The molecule has 95 heavy (non-hydrogen) atoms. The number of carbonyl (C=O) groups excluding carboxylic acids is 4. The number of phosphoric ester groups is 2. The van der Waals surface area contributed by atoms with Gasteiger partial charge in [-0.1, -0.05) is 343 Å². The summed E-state index contributed by atoms with van der Waals surface area (Å²) >= 11 is 0. The highest BCUT2D eigenvalue weighted by atomic mass is 31.2. The fourth-order valence-electron chi connectivity index (χ4n) is 11.7. The molecule has 0 rings (SSSR count). The van der Waals surface area contributed by atoms with Crippen molar-refractivity contribution >= 4 is 39.5 Å². The minimum absolute atomic E-state index is 0.105. The number of aliphatic hydroxyl groups is 1. The van der Waals surface area contributed by atoms with Crippen LogP contribution in [0.1, 0.15) is 395 Å². The second-order valence-corrected chi connectivity index (χ2v) is 31.3. The van der Waals surface area contributed by atoms with E-state index >= 15 is 0 Å². The van der Waals surface area contributed by atoms with Crippen molar-refractivity contribution in [3.8, 4) is 0 Å². The Morgan fingerprint density at radius 3 is 0.716 bits per heavy atom. The number of aliphatic hydroxyl groups excluding tert-OH is 1. The van der Waals surface area contributed by atoms with Gasteiger partial charge in [-0.15, -0.1) is 0 Å². The monoisotopic (exact) mass is 1400 g/mol. The molecule has 0 heterocycles. The maximum absolute atomic E-state index is 13.1. The van der Waals surface area contributed by atoms with Gasteiger partial charge in [-0.3, -0.25) is 37.3 Å². The highest BCUT2D eigenvalue weighted by Crippen LogP contribution is 2.45. The Labute approximate surface area is 581 Å². The molecule has 2 unspecified atom stereocenters. The maximum atomic E-state index is 13.1. The van der Waals surface area contributed by atoms with Crippen LogP contribution in [0, 0.1) is 11.8 Å². The van der Waals surface area contributed by atoms with Crippen molar-refractivity contribution in [2.24, 2.45) is 11.8 Å². The molecule has 0 aromatic heterocycles. The molecule has 0 aliphatic carbocycles. The Bertz CT molecular complexity index is 1840. The second kappa shape index (κ2) is 67.9.